The van der Waals surface area contributed by atoms with Crippen LogP contribution in [0.15, 0.2) is 30.9 Å². The van der Waals surface area contributed by atoms with Gasteiger partial charge in [-0.1, -0.05) is 0 Å². The maximum Gasteiger partial charge on any atom is 0.215 e. The van der Waals surface area contributed by atoms with Gasteiger partial charge in [0, 0.05) is 31.5 Å². The van der Waals surface area contributed by atoms with Gasteiger partial charge in [0.25, 0.3) is 0 Å². The summed E-state index contributed by atoms with van der Waals surface area (Å²) in [6.45, 7) is 1.52. The summed E-state index contributed by atoms with van der Waals surface area (Å²) < 4.78 is 9.78. The fourth-order valence-corrected chi connectivity index (χ4v) is 2.26. The minimum Gasteiger partial charge on any atom is -0.481 e. The lowest BCUT2D eigenvalue weighted by atomic mass is 10.4. The molecule has 3 aromatic heterocycles. The first kappa shape index (κ1) is 11.9. The largest absolute Gasteiger partial charge is 0.481 e. The topological polar surface area (TPSA) is 60.7 Å². The predicted octanol–water partition coefficient (Wildman–Crippen LogP) is 2.00. The van der Waals surface area contributed by atoms with E-state index in [1.54, 1.807) is 19.6 Å². The highest BCUT2D eigenvalue weighted by molar-refractivity contribution is 7.71. The van der Waals surface area contributed by atoms with Crippen molar-refractivity contribution in [2.24, 2.45) is 0 Å². The Bertz CT molecular complexity index is 743. The van der Waals surface area contributed by atoms with Crippen molar-refractivity contribution in [2.45, 2.75) is 13.1 Å². The number of hydrogen-bond donors (Lipinski definition) is 1. The summed E-state index contributed by atoms with van der Waals surface area (Å²) in [5.74, 6) is 0.581. The van der Waals surface area contributed by atoms with Crippen LogP contribution in [0.25, 0.3) is 11.2 Å². The summed E-state index contributed by atoms with van der Waals surface area (Å²) in [7, 11) is 1.60. The number of aryl methyl sites for hydroxylation is 2. The fourth-order valence-electron chi connectivity index (χ4n) is 1.97. The number of rotatable bonds is 4. The number of nitrogens with one attached hydrogen (secondary N) is 1. The van der Waals surface area contributed by atoms with E-state index in [0.717, 1.165) is 24.3 Å². The number of nitrogens with zero attached hydrogens (tertiary/aromatic N) is 4. The van der Waals surface area contributed by atoms with E-state index in [2.05, 4.69) is 15.0 Å². The van der Waals surface area contributed by atoms with Crippen LogP contribution in [0, 0.1) is 4.77 Å². The number of hydrogen-bond acceptors (Lipinski definition) is 4. The zero-order valence-electron chi connectivity index (χ0n) is 10.4. The maximum atomic E-state index is 5.33. The molecule has 0 saturated heterocycles. The van der Waals surface area contributed by atoms with E-state index >= 15 is 0 Å². The normalized spacial score (nSPS) is 11.0. The molecule has 0 bridgehead atoms. The summed E-state index contributed by atoms with van der Waals surface area (Å²) >= 11 is 5.33. The number of methoxy groups -OCH3 is 1. The molecular formula is C12H13N5OS. The maximum absolute atomic E-state index is 5.33. The summed E-state index contributed by atoms with van der Waals surface area (Å²) in [4.78, 5) is 11.6. The Morgan fingerprint density at radius 2 is 2.26 bits per heavy atom. The Morgan fingerprint density at radius 3 is 3.00 bits per heavy atom. The molecule has 1 N–H and O–H groups in total. The van der Waals surface area contributed by atoms with Gasteiger partial charge in [0.1, 0.15) is 0 Å². The second kappa shape index (κ2) is 4.85. The number of pyridine rings is 1. The van der Waals surface area contributed by atoms with Crippen LogP contribution in [0.5, 0.6) is 5.88 Å². The van der Waals surface area contributed by atoms with Crippen LogP contribution in [-0.4, -0.2) is 31.2 Å². The first-order chi connectivity index (χ1) is 9.28. The van der Waals surface area contributed by atoms with Gasteiger partial charge >= 0.3 is 0 Å². The lowest BCUT2D eigenvalue weighted by Crippen LogP contribution is -2.06. The SMILES string of the molecule is COc1ccc2[nH]c(=S)n(CCn3ccnc3)c2n1. The zero-order valence-corrected chi connectivity index (χ0v) is 11.2. The summed E-state index contributed by atoms with van der Waals surface area (Å²) in [6.07, 6.45) is 5.47. The molecule has 0 unspecified atom stereocenters. The molecule has 0 saturated carbocycles. The van der Waals surface area contributed by atoms with Crippen LogP contribution < -0.4 is 4.74 Å². The Labute approximate surface area is 114 Å². The second-order valence-corrected chi connectivity index (χ2v) is 4.49. The van der Waals surface area contributed by atoms with E-state index in [4.69, 9.17) is 17.0 Å². The van der Waals surface area contributed by atoms with E-state index in [0.29, 0.717) is 10.7 Å². The standard InChI is InChI=1S/C12H13N5OS/c1-18-10-3-2-9-11(15-10)17(12(19)14-9)7-6-16-5-4-13-8-16/h2-5,8H,6-7H2,1H3,(H,14,19). The number of fused-ring (bicyclic) bond motifs is 1. The molecular weight excluding hydrogens is 262 g/mol. The van der Waals surface area contributed by atoms with Crippen molar-refractivity contribution in [3.05, 3.63) is 35.6 Å². The Balaban J connectivity index is 1.97. The molecule has 3 aromatic rings. The smallest absolute Gasteiger partial charge is 0.215 e. The van der Waals surface area contributed by atoms with Crippen molar-refractivity contribution in [1.82, 2.24) is 24.1 Å². The third-order valence-electron chi connectivity index (χ3n) is 2.94. The highest BCUT2D eigenvalue weighted by atomic mass is 32.1. The van der Waals surface area contributed by atoms with Crippen molar-refractivity contribution in [3.8, 4) is 5.88 Å². The van der Waals surface area contributed by atoms with Crippen LogP contribution >= 0.6 is 12.2 Å². The van der Waals surface area contributed by atoms with Gasteiger partial charge < -0.3 is 14.3 Å². The van der Waals surface area contributed by atoms with E-state index in [9.17, 15) is 0 Å². The Kier molecular flexibility index (Phi) is 3.04. The van der Waals surface area contributed by atoms with E-state index < -0.39 is 0 Å². The molecule has 0 amide bonds. The molecule has 0 spiro atoms. The fraction of sp³-hybridized carbons (Fsp3) is 0.250. The quantitative estimate of drug-likeness (QED) is 0.740. The molecule has 0 fully saturated rings. The van der Waals surface area contributed by atoms with Gasteiger partial charge in [-0.25, -0.2) is 4.98 Å². The van der Waals surface area contributed by atoms with Gasteiger partial charge in [0.15, 0.2) is 10.4 Å². The molecule has 19 heavy (non-hydrogen) atoms. The van der Waals surface area contributed by atoms with Crippen LogP contribution in [0.2, 0.25) is 0 Å². The first-order valence-electron chi connectivity index (χ1n) is 5.87. The van der Waals surface area contributed by atoms with Gasteiger partial charge in [0.05, 0.1) is 19.0 Å². The minimum atomic E-state index is 0.581. The van der Waals surface area contributed by atoms with Gasteiger partial charge in [0.2, 0.25) is 5.88 Å². The molecule has 98 valence electrons. The van der Waals surface area contributed by atoms with Crippen molar-refractivity contribution in [3.63, 3.8) is 0 Å². The van der Waals surface area contributed by atoms with Gasteiger partial charge in [-0.15, -0.1) is 0 Å². The lowest BCUT2D eigenvalue weighted by molar-refractivity contribution is 0.398. The van der Waals surface area contributed by atoms with Crippen LogP contribution in [-0.2, 0) is 13.1 Å². The molecule has 3 heterocycles. The van der Waals surface area contributed by atoms with Crippen molar-refractivity contribution < 1.29 is 4.74 Å². The van der Waals surface area contributed by atoms with Crippen molar-refractivity contribution in [2.75, 3.05) is 7.11 Å². The summed E-state index contributed by atoms with van der Waals surface area (Å²) in [5, 5.41) is 0. The molecule has 0 aromatic carbocycles. The number of ether oxygens (including phenoxy) is 1. The van der Waals surface area contributed by atoms with E-state index in [-0.39, 0.29) is 0 Å². The number of aromatic amines is 1. The average molecular weight is 275 g/mol. The van der Waals surface area contributed by atoms with Crippen LogP contribution in [0.4, 0.5) is 0 Å². The Morgan fingerprint density at radius 1 is 1.37 bits per heavy atom. The minimum absolute atomic E-state index is 0.581. The second-order valence-electron chi connectivity index (χ2n) is 4.11. The lowest BCUT2D eigenvalue weighted by Gasteiger charge is -2.05. The molecule has 0 aliphatic carbocycles. The molecule has 6 nitrogen and oxygen atoms in total. The van der Waals surface area contributed by atoms with Crippen molar-refractivity contribution >= 4 is 23.4 Å². The zero-order chi connectivity index (χ0) is 13.2. The first-order valence-corrected chi connectivity index (χ1v) is 6.28. The van der Waals surface area contributed by atoms with Crippen LogP contribution in [0.3, 0.4) is 0 Å². The molecule has 0 radical (unpaired) electrons. The van der Waals surface area contributed by atoms with Gasteiger partial charge in [-0.3, -0.25) is 4.57 Å². The third kappa shape index (κ3) is 2.24. The highest BCUT2D eigenvalue weighted by Gasteiger charge is 2.07. The van der Waals surface area contributed by atoms with Gasteiger partial charge in [-0.05, 0) is 18.3 Å². The monoisotopic (exact) mass is 275 g/mol. The number of aromatic nitrogens is 5. The molecule has 0 atom stereocenters. The summed E-state index contributed by atoms with van der Waals surface area (Å²) in [5.41, 5.74) is 1.72. The molecule has 0 aliphatic heterocycles. The Hall–Kier alpha value is -2.15. The molecule has 7 heteroatoms. The number of imidazole rings is 2. The average Bonchev–Trinajstić information content (AvgIpc) is 3.03. The van der Waals surface area contributed by atoms with Gasteiger partial charge in [-0.2, -0.15) is 4.98 Å². The van der Waals surface area contributed by atoms with E-state index in [1.165, 1.54) is 0 Å². The number of H-pyrrole nitrogens is 1. The van der Waals surface area contributed by atoms with Crippen LogP contribution in [0.1, 0.15) is 0 Å². The molecule has 3 rings (SSSR count). The third-order valence-corrected chi connectivity index (χ3v) is 3.26. The van der Waals surface area contributed by atoms with Crippen molar-refractivity contribution in [1.29, 1.82) is 0 Å². The highest BCUT2D eigenvalue weighted by Crippen LogP contribution is 2.16. The predicted molar refractivity (Wildman–Crippen MR) is 73.7 cm³/mol. The summed E-state index contributed by atoms with van der Waals surface area (Å²) in [6, 6.07) is 3.73. The molecule has 0 aliphatic rings. The van der Waals surface area contributed by atoms with E-state index in [1.807, 2.05) is 27.5 Å².